The first kappa shape index (κ1) is 15.9. The molecule has 0 saturated carbocycles. The number of carbonyl (C=O) groups excluding carboxylic acids is 1. The molecule has 0 fully saturated rings. The normalized spacial score (nSPS) is 9.36. The van der Waals surface area contributed by atoms with Gasteiger partial charge < -0.3 is 13.3 Å². The molecule has 14 heavy (non-hydrogen) atoms. The molecule has 0 radical (unpaired) electrons. The van der Waals surface area contributed by atoms with Crippen LogP contribution in [0.2, 0.25) is 0 Å². The molecule has 7 heteroatoms. The molecular weight excluding hydrogens is 230 g/mol. The van der Waals surface area contributed by atoms with Crippen LogP contribution in [0.3, 0.4) is 0 Å². The summed E-state index contributed by atoms with van der Waals surface area (Å²) >= 11 is 4.45. The summed E-state index contributed by atoms with van der Waals surface area (Å²) in [5.41, 5.74) is 0. The van der Waals surface area contributed by atoms with Gasteiger partial charge in [0, 0.05) is 14.2 Å². The van der Waals surface area contributed by atoms with Crippen LogP contribution in [0, 0.1) is 12.5 Å². The Bertz CT molecular complexity index is 239. The second-order valence-corrected chi connectivity index (χ2v) is 4.45. The van der Waals surface area contributed by atoms with Gasteiger partial charge in [-0.2, -0.15) is 0 Å². The first-order chi connectivity index (χ1) is 6.45. The number of hydrogen-bond donors (Lipinski definition) is 0. The summed E-state index contributed by atoms with van der Waals surface area (Å²) < 4.78 is 23.7. The van der Waals surface area contributed by atoms with E-state index in [2.05, 4.69) is 31.6 Å². The minimum absolute atomic E-state index is 0.153. The van der Waals surface area contributed by atoms with E-state index in [0.29, 0.717) is 0 Å². The molecule has 0 spiro atoms. The van der Waals surface area contributed by atoms with E-state index in [-0.39, 0.29) is 11.9 Å². The molecule has 82 valence electrons. The first-order valence-electron chi connectivity index (χ1n) is 3.39. The van der Waals surface area contributed by atoms with E-state index in [4.69, 9.17) is 0 Å². The van der Waals surface area contributed by atoms with Crippen LogP contribution in [0.5, 0.6) is 0 Å². The molecule has 0 saturated heterocycles. The molecule has 0 aliphatic rings. The van der Waals surface area contributed by atoms with Gasteiger partial charge in [0.15, 0.2) is 0 Å². The van der Waals surface area contributed by atoms with Crippen molar-refractivity contribution >= 4 is 25.2 Å². The van der Waals surface area contributed by atoms with Gasteiger partial charge in [0.25, 0.3) is 0 Å². The van der Waals surface area contributed by atoms with Crippen LogP contribution in [0.1, 0.15) is 6.92 Å². The second kappa shape index (κ2) is 9.04. The summed E-state index contributed by atoms with van der Waals surface area (Å²) in [6.45, 7) is 1.34. The summed E-state index contributed by atoms with van der Waals surface area (Å²) in [7, 11) is -0.572. The van der Waals surface area contributed by atoms with Gasteiger partial charge in [-0.05, 0) is 6.92 Å². The highest BCUT2D eigenvalue weighted by Gasteiger charge is 2.22. The zero-order valence-corrected chi connectivity index (χ0v) is 9.80. The smallest absolute Gasteiger partial charge is 0.333 e. The Morgan fingerprint density at radius 1 is 1.50 bits per heavy atom. The van der Waals surface area contributed by atoms with Crippen molar-refractivity contribution in [3.63, 3.8) is 0 Å². The molecule has 0 rings (SSSR count). The summed E-state index contributed by atoms with van der Waals surface area (Å²) in [4.78, 5) is 10.4. The minimum Gasteiger partial charge on any atom is -0.333 e. The topological polar surface area (TPSA) is 61.8 Å². The first-order valence-corrected chi connectivity index (χ1v) is 5.42. The lowest BCUT2D eigenvalue weighted by molar-refractivity contribution is -0.114. The maximum atomic E-state index is 11.1. The Morgan fingerprint density at radius 3 is 1.93 bits per heavy atom. The SMILES string of the molecule is C#COCl.COP(=O)(CC(C)=O)OC. The van der Waals surface area contributed by atoms with Crippen molar-refractivity contribution < 1.29 is 22.7 Å². The van der Waals surface area contributed by atoms with E-state index >= 15 is 0 Å². The lowest BCUT2D eigenvalue weighted by atomic mass is 10.5. The van der Waals surface area contributed by atoms with Crippen molar-refractivity contribution in [1.29, 1.82) is 0 Å². The molecule has 0 aromatic heterocycles. The third-order valence-electron chi connectivity index (χ3n) is 1.02. The zero-order chi connectivity index (χ0) is 11.6. The van der Waals surface area contributed by atoms with Crippen LogP contribution in [-0.2, 0) is 22.7 Å². The van der Waals surface area contributed by atoms with Crippen LogP contribution in [0.15, 0.2) is 0 Å². The van der Waals surface area contributed by atoms with Gasteiger partial charge >= 0.3 is 7.60 Å². The van der Waals surface area contributed by atoms with Gasteiger partial charge in [0.05, 0.1) is 0 Å². The van der Waals surface area contributed by atoms with Gasteiger partial charge in [0.2, 0.25) is 0 Å². The Hall–Kier alpha value is -0.530. The third-order valence-corrected chi connectivity index (χ3v) is 3.05. The molecule has 0 unspecified atom stereocenters. The lowest BCUT2D eigenvalue weighted by Gasteiger charge is -2.10. The number of carbonyl (C=O) groups is 1. The third kappa shape index (κ3) is 9.56. The average Bonchev–Trinajstić information content (AvgIpc) is 2.17. The summed E-state index contributed by atoms with van der Waals surface area (Å²) in [5, 5.41) is 0. The van der Waals surface area contributed by atoms with Crippen LogP contribution in [-0.4, -0.2) is 26.2 Å². The molecule has 0 N–H and O–H groups in total. The van der Waals surface area contributed by atoms with E-state index in [1.165, 1.54) is 21.1 Å². The summed E-state index contributed by atoms with van der Waals surface area (Å²) in [6, 6.07) is 0. The average molecular weight is 243 g/mol. The summed E-state index contributed by atoms with van der Waals surface area (Å²) in [6.07, 6.45) is 5.97. The Morgan fingerprint density at radius 2 is 1.86 bits per heavy atom. The Balaban J connectivity index is 0. The van der Waals surface area contributed by atoms with Crippen molar-refractivity contribution in [2.24, 2.45) is 0 Å². The summed E-state index contributed by atoms with van der Waals surface area (Å²) in [5.74, 6) is -0.202. The van der Waals surface area contributed by atoms with Gasteiger partial charge in [-0.1, -0.05) is 6.42 Å². The molecule has 0 amide bonds. The van der Waals surface area contributed by atoms with E-state index in [0.717, 1.165) is 0 Å². The number of hydrogen-bond acceptors (Lipinski definition) is 5. The van der Waals surface area contributed by atoms with Gasteiger partial charge in [-0.25, -0.2) is 0 Å². The van der Waals surface area contributed by atoms with E-state index in [1.54, 1.807) is 6.11 Å². The standard InChI is InChI=1S/C5H11O4P.C2HClO/c1-5(6)4-10(7,8-2)9-3;1-2-4-3/h4H2,1-3H3;1H. The fourth-order valence-electron chi connectivity index (χ4n) is 0.476. The van der Waals surface area contributed by atoms with Crippen LogP contribution in [0.4, 0.5) is 0 Å². The number of Topliss-reactive ketones (excluding diaryl/α,β-unsaturated/α-hetero) is 1. The minimum atomic E-state index is -3.09. The van der Waals surface area contributed by atoms with Crippen LogP contribution in [0.25, 0.3) is 0 Å². The Kier molecular flexibility index (Phi) is 10.3. The van der Waals surface area contributed by atoms with Crippen molar-refractivity contribution in [3.05, 3.63) is 0 Å². The van der Waals surface area contributed by atoms with Crippen molar-refractivity contribution in [2.45, 2.75) is 6.92 Å². The molecule has 0 atom stereocenters. The number of ketones is 1. The molecular formula is C7H12ClO5P. The monoisotopic (exact) mass is 242 g/mol. The highest BCUT2D eigenvalue weighted by Crippen LogP contribution is 2.45. The maximum absolute atomic E-state index is 11.1. The van der Waals surface area contributed by atoms with Crippen molar-refractivity contribution in [2.75, 3.05) is 20.4 Å². The largest absolute Gasteiger partial charge is 0.337 e. The van der Waals surface area contributed by atoms with Gasteiger partial charge in [-0.15, -0.1) is 0 Å². The predicted molar refractivity (Wildman–Crippen MR) is 52.9 cm³/mol. The van der Waals surface area contributed by atoms with Crippen molar-refractivity contribution in [1.82, 2.24) is 0 Å². The highest BCUT2D eigenvalue weighted by molar-refractivity contribution is 7.54. The fraction of sp³-hybridized carbons (Fsp3) is 0.571. The van der Waals surface area contributed by atoms with Gasteiger partial charge in [0.1, 0.15) is 29.9 Å². The quantitative estimate of drug-likeness (QED) is 0.556. The molecule has 0 bridgehead atoms. The van der Waals surface area contributed by atoms with Crippen molar-refractivity contribution in [3.8, 4) is 12.5 Å². The number of rotatable bonds is 4. The van der Waals surface area contributed by atoms with Gasteiger partial charge in [-0.3, -0.25) is 9.36 Å². The molecule has 0 aliphatic heterocycles. The maximum Gasteiger partial charge on any atom is 0.337 e. The Labute approximate surface area is 88.4 Å². The fourth-order valence-corrected chi connectivity index (χ4v) is 1.43. The molecule has 0 aromatic rings. The van der Waals surface area contributed by atoms with E-state index in [1.807, 2.05) is 0 Å². The number of halogens is 1. The molecule has 0 heterocycles. The van der Waals surface area contributed by atoms with E-state index in [9.17, 15) is 9.36 Å². The lowest BCUT2D eigenvalue weighted by Crippen LogP contribution is -2.02. The molecule has 0 aromatic carbocycles. The van der Waals surface area contributed by atoms with Crippen LogP contribution >= 0.6 is 19.5 Å². The predicted octanol–water partition coefficient (Wildman–Crippen LogP) is 1.81. The molecule has 5 nitrogen and oxygen atoms in total. The van der Waals surface area contributed by atoms with Crippen LogP contribution < -0.4 is 0 Å². The highest BCUT2D eigenvalue weighted by atomic mass is 35.5. The van der Waals surface area contributed by atoms with E-state index < -0.39 is 7.60 Å². The zero-order valence-electron chi connectivity index (χ0n) is 8.15. The molecule has 0 aliphatic carbocycles. The second-order valence-electron chi connectivity index (χ2n) is 2.03. The number of terminal acetylenes is 1.